The van der Waals surface area contributed by atoms with Crippen molar-refractivity contribution in [3.63, 3.8) is 0 Å². The summed E-state index contributed by atoms with van der Waals surface area (Å²) in [5, 5.41) is 2.78. The van der Waals surface area contributed by atoms with Crippen molar-refractivity contribution in [1.29, 1.82) is 0 Å². The zero-order valence-electron chi connectivity index (χ0n) is 10.2. The molecule has 19 heavy (non-hydrogen) atoms. The molecule has 3 nitrogen and oxygen atoms in total. The second-order valence-corrected chi connectivity index (χ2v) is 4.94. The number of rotatable bonds is 3. The van der Waals surface area contributed by atoms with Crippen LogP contribution in [0.2, 0.25) is 0 Å². The molecule has 1 aromatic carbocycles. The van der Waals surface area contributed by atoms with Gasteiger partial charge in [-0.15, -0.1) is 0 Å². The van der Waals surface area contributed by atoms with Crippen LogP contribution < -0.4 is 5.32 Å². The zero-order chi connectivity index (χ0) is 13.8. The Labute approximate surface area is 119 Å². The van der Waals surface area contributed by atoms with Crippen molar-refractivity contribution in [3.8, 4) is 0 Å². The van der Waals surface area contributed by atoms with Gasteiger partial charge < -0.3 is 5.32 Å². The van der Waals surface area contributed by atoms with Crippen molar-refractivity contribution in [2.24, 2.45) is 0 Å². The number of hydrogen-bond acceptors (Lipinski definition) is 2. The Kier molecular flexibility index (Phi) is 4.27. The third kappa shape index (κ3) is 3.38. The molecule has 0 spiro atoms. The molecule has 0 fully saturated rings. The van der Waals surface area contributed by atoms with Crippen LogP contribution in [0.1, 0.15) is 29.0 Å². The fourth-order valence-corrected chi connectivity index (χ4v) is 2.11. The largest absolute Gasteiger partial charge is 0.344 e. The van der Waals surface area contributed by atoms with Crippen molar-refractivity contribution in [2.45, 2.75) is 13.0 Å². The molecule has 0 aliphatic heterocycles. The summed E-state index contributed by atoms with van der Waals surface area (Å²) in [5.41, 5.74) is 1.02. The molecule has 0 bridgehead atoms. The standard InChI is InChI=1S/C14H12BrFN2O/c1-9(10-4-2-5-11(16)8-10)18-14(19)13-12(15)6-3-7-17-13/h2-9H,1H3,(H,18,19). The summed E-state index contributed by atoms with van der Waals surface area (Å²) < 4.78 is 13.7. The van der Waals surface area contributed by atoms with Crippen LogP contribution in [0.25, 0.3) is 0 Å². The fraction of sp³-hybridized carbons (Fsp3) is 0.143. The number of nitrogens with zero attached hydrogens (tertiary/aromatic N) is 1. The predicted octanol–water partition coefficient (Wildman–Crippen LogP) is 3.47. The minimum Gasteiger partial charge on any atom is -0.344 e. The first-order valence-electron chi connectivity index (χ1n) is 5.75. The number of carbonyl (C=O) groups is 1. The minimum atomic E-state index is -0.322. The molecule has 1 heterocycles. The van der Waals surface area contributed by atoms with E-state index in [0.717, 1.165) is 0 Å². The first kappa shape index (κ1) is 13.7. The van der Waals surface area contributed by atoms with E-state index in [1.54, 1.807) is 37.4 Å². The van der Waals surface area contributed by atoms with E-state index in [2.05, 4.69) is 26.2 Å². The van der Waals surface area contributed by atoms with E-state index >= 15 is 0 Å². The lowest BCUT2D eigenvalue weighted by molar-refractivity contribution is 0.0934. The fourth-order valence-electron chi connectivity index (χ4n) is 1.68. The third-order valence-corrected chi connectivity index (χ3v) is 3.31. The first-order chi connectivity index (χ1) is 9.08. The summed E-state index contributed by atoms with van der Waals surface area (Å²) in [4.78, 5) is 16.0. The van der Waals surface area contributed by atoms with Gasteiger partial charge in [0.25, 0.3) is 5.91 Å². The van der Waals surface area contributed by atoms with Crippen LogP contribution in [0.3, 0.4) is 0 Å². The van der Waals surface area contributed by atoms with E-state index in [0.29, 0.717) is 15.7 Å². The van der Waals surface area contributed by atoms with Crippen LogP contribution in [0, 0.1) is 5.82 Å². The summed E-state index contributed by atoms with van der Waals surface area (Å²) in [5.74, 6) is -0.623. The minimum absolute atomic E-state index is 0.294. The zero-order valence-corrected chi connectivity index (χ0v) is 11.8. The van der Waals surface area contributed by atoms with Gasteiger partial charge in [-0.2, -0.15) is 0 Å². The van der Waals surface area contributed by atoms with Gasteiger partial charge in [0.2, 0.25) is 0 Å². The maximum atomic E-state index is 13.1. The highest BCUT2D eigenvalue weighted by Crippen LogP contribution is 2.17. The molecule has 0 saturated heterocycles. The van der Waals surface area contributed by atoms with Gasteiger partial charge in [-0.1, -0.05) is 12.1 Å². The van der Waals surface area contributed by atoms with Crippen molar-refractivity contribution in [2.75, 3.05) is 0 Å². The van der Waals surface area contributed by atoms with Crippen LogP contribution >= 0.6 is 15.9 Å². The van der Waals surface area contributed by atoms with Gasteiger partial charge in [-0.3, -0.25) is 4.79 Å². The summed E-state index contributed by atoms with van der Waals surface area (Å²) in [6, 6.07) is 9.33. The van der Waals surface area contributed by atoms with E-state index in [1.807, 2.05) is 0 Å². The van der Waals surface area contributed by atoms with Crippen LogP contribution in [0.5, 0.6) is 0 Å². The molecular formula is C14H12BrFN2O. The van der Waals surface area contributed by atoms with E-state index in [1.165, 1.54) is 12.1 Å². The van der Waals surface area contributed by atoms with Gasteiger partial charge in [0.05, 0.1) is 6.04 Å². The Hall–Kier alpha value is -1.75. The van der Waals surface area contributed by atoms with Crippen molar-refractivity contribution < 1.29 is 9.18 Å². The smallest absolute Gasteiger partial charge is 0.271 e. The highest BCUT2D eigenvalue weighted by Gasteiger charge is 2.15. The highest BCUT2D eigenvalue weighted by molar-refractivity contribution is 9.10. The van der Waals surface area contributed by atoms with E-state index in [9.17, 15) is 9.18 Å². The number of nitrogens with one attached hydrogen (secondary N) is 1. The van der Waals surface area contributed by atoms with Crippen LogP contribution in [0.15, 0.2) is 47.1 Å². The maximum Gasteiger partial charge on any atom is 0.271 e. The molecule has 0 saturated carbocycles. The second-order valence-electron chi connectivity index (χ2n) is 4.08. The normalized spacial score (nSPS) is 11.9. The monoisotopic (exact) mass is 322 g/mol. The molecule has 1 unspecified atom stereocenters. The third-order valence-electron chi connectivity index (χ3n) is 2.67. The summed E-state index contributed by atoms with van der Waals surface area (Å²) >= 11 is 3.27. The molecule has 2 aromatic rings. The number of halogens is 2. The van der Waals surface area contributed by atoms with Crippen molar-refractivity contribution >= 4 is 21.8 Å². The van der Waals surface area contributed by atoms with Gasteiger partial charge in [-0.25, -0.2) is 9.37 Å². The first-order valence-corrected chi connectivity index (χ1v) is 6.54. The number of hydrogen-bond donors (Lipinski definition) is 1. The summed E-state index contributed by atoms with van der Waals surface area (Å²) in [6.07, 6.45) is 1.55. The van der Waals surface area contributed by atoms with Crippen molar-refractivity contribution in [3.05, 3.63) is 64.1 Å². The molecule has 0 aliphatic rings. The number of carbonyl (C=O) groups excluding carboxylic acids is 1. The average molecular weight is 323 g/mol. The van der Waals surface area contributed by atoms with Gasteiger partial charge >= 0.3 is 0 Å². The Balaban J connectivity index is 2.13. The van der Waals surface area contributed by atoms with E-state index < -0.39 is 0 Å². The molecule has 1 atom stereocenters. The van der Waals surface area contributed by atoms with Crippen molar-refractivity contribution in [1.82, 2.24) is 10.3 Å². The van der Waals surface area contributed by atoms with Gasteiger partial charge in [-0.05, 0) is 52.7 Å². The lowest BCUT2D eigenvalue weighted by atomic mass is 10.1. The highest BCUT2D eigenvalue weighted by atomic mass is 79.9. The average Bonchev–Trinajstić information content (AvgIpc) is 2.39. The van der Waals surface area contributed by atoms with E-state index in [4.69, 9.17) is 0 Å². The molecule has 0 radical (unpaired) electrons. The molecular weight excluding hydrogens is 311 g/mol. The van der Waals surface area contributed by atoms with Gasteiger partial charge in [0.1, 0.15) is 11.5 Å². The molecule has 1 amide bonds. The number of benzene rings is 1. The Morgan fingerprint density at radius 1 is 1.37 bits per heavy atom. The molecule has 2 rings (SSSR count). The van der Waals surface area contributed by atoms with Crippen LogP contribution in [-0.2, 0) is 0 Å². The molecule has 98 valence electrons. The number of pyridine rings is 1. The summed E-state index contributed by atoms with van der Waals surface area (Å²) in [7, 11) is 0. The Bertz CT molecular complexity index is 604. The van der Waals surface area contributed by atoms with E-state index in [-0.39, 0.29) is 17.8 Å². The second kappa shape index (κ2) is 5.93. The lowest BCUT2D eigenvalue weighted by Gasteiger charge is -2.14. The molecule has 1 aromatic heterocycles. The topological polar surface area (TPSA) is 42.0 Å². The SMILES string of the molecule is CC(NC(=O)c1ncccc1Br)c1cccc(F)c1. The Morgan fingerprint density at radius 2 is 2.16 bits per heavy atom. The Morgan fingerprint density at radius 3 is 2.84 bits per heavy atom. The lowest BCUT2D eigenvalue weighted by Crippen LogP contribution is -2.27. The van der Waals surface area contributed by atoms with Crippen LogP contribution in [-0.4, -0.2) is 10.9 Å². The van der Waals surface area contributed by atoms with Gasteiger partial charge in [0, 0.05) is 10.7 Å². The number of amides is 1. The molecule has 1 N–H and O–H groups in total. The van der Waals surface area contributed by atoms with Gasteiger partial charge in [0.15, 0.2) is 0 Å². The quantitative estimate of drug-likeness (QED) is 0.940. The predicted molar refractivity (Wildman–Crippen MR) is 74.2 cm³/mol. The number of aromatic nitrogens is 1. The van der Waals surface area contributed by atoms with Crippen LogP contribution in [0.4, 0.5) is 4.39 Å². The molecule has 0 aliphatic carbocycles. The summed E-state index contributed by atoms with van der Waals surface area (Å²) in [6.45, 7) is 1.80. The molecule has 5 heteroatoms. The maximum absolute atomic E-state index is 13.1.